The summed E-state index contributed by atoms with van der Waals surface area (Å²) in [5.74, 6) is 0.635. The number of ether oxygens (including phenoxy) is 2. The Kier molecular flexibility index (Phi) is 8.92. The molecule has 0 amide bonds. The van der Waals surface area contributed by atoms with Crippen LogP contribution < -0.4 is 9.47 Å². The summed E-state index contributed by atoms with van der Waals surface area (Å²) in [5.41, 5.74) is 6.43. The third-order valence-electron chi connectivity index (χ3n) is 8.55. The summed E-state index contributed by atoms with van der Waals surface area (Å²) in [6.07, 6.45) is 5.02. The zero-order valence-corrected chi connectivity index (χ0v) is 25.8. The van der Waals surface area contributed by atoms with Crippen molar-refractivity contribution < 1.29 is 19.1 Å². The van der Waals surface area contributed by atoms with Crippen molar-refractivity contribution in [2.24, 2.45) is 0 Å². The Morgan fingerprint density at radius 2 is 1.44 bits per heavy atom. The van der Waals surface area contributed by atoms with E-state index in [4.69, 9.17) is 32.7 Å². The molecule has 0 aromatic heterocycles. The molecule has 0 fully saturated rings. The van der Waals surface area contributed by atoms with Gasteiger partial charge in [-0.25, -0.2) is 0 Å². The van der Waals surface area contributed by atoms with E-state index in [1.54, 1.807) is 0 Å². The second-order valence-electron chi connectivity index (χ2n) is 11.2. The normalized spacial score (nSPS) is 17.2. The van der Waals surface area contributed by atoms with Gasteiger partial charge in [0.25, 0.3) is 0 Å². The molecule has 3 aromatic carbocycles. The number of carbonyl (C=O) groups excluding carboxylic acids is 2. The molecule has 0 saturated heterocycles. The van der Waals surface area contributed by atoms with Gasteiger partial charge < -0.3 is 14.4 Å². The number of carbonyl (C=O) groups is 2. The first kappa shape index (κ1) is 29.5. The minimum Gasteiger partial charge on any atom is -0.490 e. The SMILES string of the molecule is CCOc1cc(C2C3=C(CCCC3=O)N(CCc3ccccc3)C3=C2C(=O)CCC3)cc(Cl)c1OCc1ccccc1Cl. The second kappa shape index (κ2) is 13.0. The molecular formula is C36H35Cl2NO4. The lowest BCUT2D eigenvalue weighted by Gasteiger charge is -2.44. The zero-order chi connectivity index (χ0) is 29.9. The molecule has 0 N–H and O–H groups in total. The predicted octanol–water partition coefficient (Wildman–Crippen LogP) is 8.63. The molecule has 43 heavy (non-hydrogen) atoms. The van der Waals surface area contributed by atoms with Gasteiger partial charge >= 0.3 is 0 Å². The molecule has 6 rings (SSSR count). The van der Waals surface area contributed by atoms with Crippen LogP contribution in [-0.2, 0) is 22.6 Å². The maximum atomic E-state index is 13.7. The Morgan fingerprint density at radius 1 is 0.791 bits per heavy atom. The summed E-state index contributed by atoms with van der Waals surface area (Å²) >= 11 is 13.3. The van der Waals surface area contributed by atoms with E-state index in [0.29, 0.717) is 41.0 Å². The summed E-state index contributed by atoms with van der Waals surface area (Å²) in [4.78, 5) is 29.8. The van der Waals surface area contributed by atoms with Gasteiger partial charge in [-0.2, -0.15) is 0 Å². The Hall–Kier alpha value is -3.54. The Labute approximate surface area is 263 Å². The molecular weight excluding hydrogens is 581 g/mol. The van der Waals surface area contributed by atoms with Crippen molar-refractivity contribution in [1.82, 2.24) is 4.90 Å². The van der Waals surface area contributed by atoms with Crippen molar-refractivity contribution in [3.8, 4) is 11.5 Å². The van der Waals surface area contributed by atoms with Crippen LogP contribution in [0.4, 0.5) is 0 Å². The Morgan fingerprint density at radius 3 is 2.09 bits per heavy atom. The van der Waals surface area contributed by atoms with Gasteiger partial charge in [-0.3, -0.25) is 9.59 Å². The number of benzene rings is 3. The lowest BCUT2D eigenvalue weighted by molar-refractivity contribution is -0.117. The number of hydrogen-bond acceptors (Lipinski definition) is 5. The smallest absolute Gasteiger partial charge is 0.180 e. The quantitative estimate of drug-likeness (QED) is 0.241. The van der Waals surface area contributed by atoms with Gasteiger partial charge in [-0.1, -0.05) is 71.7 Å². The highest BCUT2D eigenvalue weighted by atomic mass is 35.5. The van der Waals surface area contributed by atoms with Gasteiger partial charge in [0.05, 0.1) is 11.6 Å². The molecule has 0 radical (unpaired) electrons. The first-order valence-corrected chi connectivity index (χ1v) is 15.9. The maximum Gasteiger partial charge on any atom is 0.180 e. The Balaban J connectivity index is 1.42. The van der Waals surface area contributed by atoms with Gasteiger partial charge in [0, 0.05) is 58.4 Å². The third-order valence-corrected chi connectivity index (χ3v) is 9.20. The molecule has 3 aliphatic rings. The van der Waals surface area contributed by atoms with E-state index in [-0.39, 0.29) is 18.2 Å². The number of rotatable bonds is 9. The van der Waals surface area contributed by atoms with Crippen molar-refractivity contribution in [2.75, 3.05) is 13.2 Å². The van der Waals surface area contributed by atoms with Crippen LogP contribution in [0.15, 0.2) is 89.3 Å². The molecule has 7 heteroatoms. The number of halogens is 2. The first-order valence-electron chi connectivity index (χ1n) is 15.1. The van der Waals surface area contributed by atoms with Gasteiger partial charge in [0.15, 0.2) is 23.1 Å². The first-order chi connectivity index (χ1) is 21.0. The van der Waals surface area contributed by atoms with Crippen molar-refractivity contribution >= 4 is 34.8 Å². The summed E-state index contributed by atoms with van der Waals surface area (Å²) < 4.78 is 12.2. The van der Waals surface area contributed by atoms with E-state index in [9.17, 15) is 9.59 Å². The molecule has 0 saturated carbocycles. The van der Waals surface area contributed by atoms with Crippen LogP contribution in [0, 0.1) is 0 Å². The molecule has 1 aliphatic heterocycles. The van der Waals surface area contributed by atoms with Crippen LogP contribution in [0.1, 0.15) is 68.1 Å². The zero-order valence-electron chi connectivity index (χ0n) is 24.3. The molecule has 0 atom stereocenters. The predicted molar refractivity (Wildman–Crippen MR) is 170 cm³/mol. The number of hydrogen-bond donors (Lipinski definition) is 0. The van der Waals surface area contributed by atoms with Crippen molar-refractivity contribution in [1.29, 1.82) is 0 Å². The largest absolute Gasteiger partial charge is 0.490 e. The molecule has 222 valence electrons. The fourth-order valence-electron chi connectivity index (χ4n) is 6.63. The molecule has 2 aliphatic carbocycles. The number of allylic oxidation sites excluding steroid dienone is 4. The third kappa shape index (κ3) is 5.98. The van der Waals surface area contributed by atoms with E-state index in [1.165, 1.54) is 5.56 Å². The number of Topliss-reactive ketones (excluding diaryl/α,β-unsaturated/α-hetero) is 2. The van der Waals surface area contributed by atoms with Crippen LogP contribution in [0.5, 0.6) is 11.5 Å². The highest BCUT2D eigenvalue weighted by Gasteiger charge is 2.43. The summed E-state index contributed by atoms with van der Waals surface area (Å²) in [6.45, 7) is 3.26. The van der Waals surface area contributed by atoms with Crippen molar-refractivity contribution in [3.63, 3.8) is 0 Å². The molecule has 1 heterocycles. The minimum absolute atomic E-state index is 0.106. The van der Waals surface area contributed by atoms with E-state index in [2.05, 4.69) is 17.0 Å². The maximum absolute atomic E-state index is 13.7. The lowest BCUT2D eigenvalue weighted by Crippen LogP contribution is -2.40. The number of nitrogens with zero attached hydrogens (tertiary/aromatic N) is 1. The fraction of sp³-hybridized carbons (Fsp3) is 0.333. The highest BCUT2D eigenvalue weighted by molar-refractivity contribution is 6.32. The Bertz CT molecular complexity index is 1570. The van der Waals surface area contributed by atoms with Crippen LogP contribution >= 0.6 is 23.2 Å². The summed E-state index contributed by atoms with van der Waals surface area (Å²) in [6, 6.07) is 21.6. The standard InChI is InChI=1S/C36H35Cl2NO4/c1-2-42-32-21-25(20-27(38)36(32)43-22-24-12-6-7-13-26(24)37)33-34-28(14-8-16-30(34)40)39(19-18-23-10-4-3-5-11-23)29-15-9-17-31(41)35(29)33/h3-7,10-13,20-21,33H,2,8-9,14-19,22H2,1H3. The van der Waals surface area contributed by atoms with Crippen LogP contribution in [0.3, 0.4) is 0 Å². The molecule has 0 unspecified atom stereocenters. The second-order valence-corrected chi connectivity index (χ2v) is 12.1. The van der Waals surface area contributed by atoms with Gasteiger partial charge in [-0.15, -0.1) is 0 Å². The monoisotopic (exact) mass is 615 g/mol. The fourth-order valence-corrected chi connectivity index (χ4v) is 7.09. The van der Waals surface area contributed by atoms with Crippen LogP contribution in [0.2, 0.25) is 10.0 Å². The van der Waals surface area contributed by atoms with Crippen LogP contribution in [-0.4, -0.2) is 29.6 Å². The highest BCUT2D eigenvalue weighted by Crippen LogP contribution is 2.51. The molecule has 0 bridgehead atoms. The minimum atomic E-state index is -0.479. The average Bonchev–Trinajstić information content (AvgIpc) is 3.01. The molecule has 3 aromatic rings. The molecule has 0 spiro atoms. The number of ketones is 2. The molecule has 5 nitrogen and oxygen atoms in total. The van der Waals surface area contributed by atoms with E-state index < -0.39 is 5.92 Å². The van der Waals surface area contributed by atoms with Crippen molar-refractivity contribution in [2.45, 2.75) is 64.4 Å². The van der Waals surface area contributed by atoms with Crippen molar-refractivity contribution in [3.05, 3.63) is 116 Å². The lowest BCUT2D eigenvalue weighted by atomic mass is 9.71. The van der Waals surface area contributed by atoms with E-state index in [1.807, 2.05) is 61.5 Å². The van der Waals surface area contributed by atoms with E-state index in [0.717, 1.165) is 72.3 Å². The van der Waals surface area contributed by atoms with Gasteiger partial charge in [0.1, 0.15) is 6.61 Å². The van der Waals surface area contributed by atoms with Gasteiger partial charge in [0.2, 0.25) is 0 Å². The average molecular weight is 617 g/mol. The van der Waals surface area contributed by atoms with Gasteiger partial charge in [-0.05, 0) is 68.4 Å². The summed E-state index contributed by atoms with van der Waals surface area (Å²) in [7, 11) is 0. The summed E-state index contributed by atoms with van der Waals surface area (Å²) in [5, 5.41) is 0.980. The van der Waals surface area contributed by atoms with Crippen LogP contribution in [0.25, 0.3) is 0 Å². The van der Waals surface area contributed by atoms with E-state index >= 15 is 0 Å². The topological polar surface area (TPSA) is 55.8 Å².